The van der Waals surface area contributed by atoms with E-state index in [0.29, 0.717) is 76.1 Å². The molecular weight excluding hydrogens is 779 g/mol. The van der Waals surface area contributed by atoms with Crippen molar-refractivity contribution in [3.05, 3.63) is 83.0 Å². The van der Waals surface area contributed by atoms with Crippen molar-refractivity contribution in [3.63, 3.8) is 0 Å². The SMILES string of the molecule is COc1cc(N2CCC(NCCCCCOc3cccc4c3CN(C3CCC(=O)NC3=O)C4=O)CC2)ccc1Nc1ncc(Cl)c(Nc2ccccc2P(C)(C)=O)n1. The van der Waals surface area contributed by atoms with Gasteiger partial charge in [-0.25, -0.2) is 4.98 Å². The molecule has 16 heteroatoms. The molecule has 0 radical (unpaired) electrons. The number of nitrogens with one attached hydrogen (secondary N) is 4. The molecular formula is C42H50ClN8O6P. The number of carbonyl (C=O) groups is 3. The number of rotatable bonds is 16. The summed E-state index contributed by atoms with van der Waals surface area (Å²) >= 11 is 6.46. The lowest BCUT2D eigenvalue weighted by Gasteiger charge is -2.34. The minimum Gasteiger partial charge on any atom is -0.494 e. The Kier molecular flexibility index (Phi) is 12.9. The summed E-state index contributed by atoms with van der Waals surface area (Å²) in [7, 11) is -0.906. The molecule has 4 N–H and O–H groups in total. The van der Waals surface area contributed by atoms with Crippen LogP contribution in [0.3, 0.4) is 0 Å². The predicted molar refractivity (Wildman–Crippen MR) is 227 cm³/mol. The Labute approximate surface area is 343 Å². The molecule has 3 aliphatic rings. The van der Waals surface area contributed by atoms with Crippen molar-refractivity contribution in [1.82, 2.24) is 25.5 Å². The van der Waals surface area contributed by atoms with Crippen LogP contribution in [-0.4, -0.2) is 91.4 Å². The summed E-state index contributed by atoms with van der Waals surface area (Å²) in [5, 5.41) is 13.6. The van der Waals surface area contributed by atoms with Crippen molar-refractivity contribution in [2.75, 3.05) is 62.2 Å². The van der Waals surface area contributed by atoms with Crippen LogP contribution in [0.5, 0.6) is 11.5 Å². The number of benzene rings is 3. The molecule has 0 spiro atoms. The standard InChI is InChI=1S/C42H50ClN8O6P/c1-56-36-24-28(14-15-32(36)47-42-45-25-31(43)39(49-42)46-33-11-5-6-13-37(33)58(2,3)55)50-21-18-27(19-22-50)44-20-7-4-8-23-57-35-12-9-10-29-30(35)26-51(41(29)54)34-16-17-38(52)48-40(34)53/h5-6,9-15,24-25,27,34,44H,4,7-8,16-23,26H2,1-3H3,(H,48,52,53)(H2,45,46,47,49). The Morgan fingerprint density at radius 2 is 1.74 bits per heavy atom. The topological polar surface area (TPSA) is 167 Å². The lowest BCUT2D eigenvalue weighted by atomic mass is 10.0. The third-order valence-corrected chi connectivity index (χ3v) is 12.7. The van der Waals surface area contributed by atoms with E-state index in [0.717, 1.165) is 63.0 Å². The first-order chi connectivity index (χ1) is 28.0. The van der Waals surface area contributed by atoms with Gasteiger partial charge in [-0.05, 0) is 94.8 Å². The van der Waals surface area contributed by atoms with Gasteiger partial charge in [0.1, 0.15) is 29.7 Å². The number of hydrogen-bond donors (Lipinski definition) is 4. The van der Waals surface area contributed by atoms with Crippen molar-refractivity contribution in [1.29, 1.82) is 0 Å². The fourth-order valence-corrected chi connectivity index (χ4v) is 9.01. The highest BCUT2D eigenvalue weighted by atomic mass is 35.5. The molecule has 1 unspecified atom stereocenters. The number of ether oxygens (including phenoxy) is 2. The summed E-state index contributed by atoms with van der Waals surface area (Å²) in [5.74, 6) is 1.17. The van der Waals surface area contributed by atoms with Crippen LogP contribution in [-0.2, 0) is 20.7 Å². The Hall–Kier alpha value is -5.17. The van der Waals surface area contributed by atoms with E-state index >= 15 is 0 Å². The van der Waals surface area contributed by atoms with Crippen molar-refractivity contribution >= 4 is 70.6 Å². The van der Waals surface area contributed by atoms with Gasteiger partial charge in [0.25, 0.3) is 5.91 Å². The van der Waals surface area contributed by atoms with Gasteiger partial charge in [0.05, 0.1) is 37.8 Å². The fraction of sp³-hybridized carbons (Fsp3) is 0.405. The monoisotopic (exact) mass is 828 g/mol. The van der Waals surface area contributed by atoms with E-state index in [1.54, 1.807) is 31.4 Å². The van der Waals surface area contributed by atoms with Crippen molar-refractivity contribution in [2.24, 2.45) is 0 Å². The first kappa shape index (κ1) is 41.0. The van der Waals surface area contributed by atoms with Crippen LogP contribution in [0.15, 0.2) is 66.9 Å². The summed E-state index contributed by atoms with van der Waals surface area (Å²) in [6, 6.07) is 18.8. The Bertz CT molecular complexity index is 2210. The average Bonchev–Trinajstić information content (AvgIpc) is 3.55. The molecule has 4 aromatic rings. The number of amides is 3. The van der Waals surface area contributed by atoms with Crippen LogP contribution in [0.25, 0.3) is 0 Å². The highest BCUT2D eigenvalue weighted by Crippen LogP contribution is 2.39. The first-order valence-electron chi connectivity index (χ1n) is 19.8. The lowest BCUT2D eigenvalue weighted by molar-refractivity contribution is -0.136. The molecule has 1 aromatic heterocycles. The normalized spacial score (nSPS) is 17.2. The van der Waals surface area contributed by atoms with E-state index in [1.807, 2.05) is 48.5 Å². The molecule has 4 heterocycles. The number of piperidine rings is 2. The third-order valence-electron chi connectivity index (χ3n) is 10.8. The predicted octanol–water partition coefficient (Wildman–Crippen LogP) is 6.44. The molecule has 3 amide bonds. The Morgan fingerprint density at radius 1 is 0.931 bits per heavy atom. The van der Waals surface area contributed by atoms with Gasteiger partial charge < -0.3 is 39.8 Å². The Balaban J connectivity index is 0.835. The van der Waals surface area contributed by atoms with Gasteiger partial charge >= 0.3 is 0 Å². The van der Waals surface area contributed by atoms with Crippen molar-refractivity contribution in [3.8, 4) is 11.5 Å². The maximum Gasteiger partial charge on any atom is 0.255 e. The van der Waals surface area contributed by atoms with Crippen molar-refractivity contribution in [2.45, 2.75) is 63.6 Å². The van der Waals surface area contributed by atoms with Gasteiger partial charge in [-0.1, -0.05) is 29.8 Å². The molecule has 1 atom stereocenters. The molecule has 2 fully saturated rings. The second-order valence-corrected chi connectivity index (χ2v) is 18.8. The maximum atomic E-state index is 13.1. The van der Waals surface area contributed by atoms with E-state index in [4.69, 9.17) is 21.1 Å². The second kappa shape index (κ2) is 18.2. The summed E-state index contributed by atoms with van der Waals surface area (Å²) in [4.78, 5) is 50.0. The summed E-state index contributed by atoms with van der Waals surface area (Å²) < 4.78 is 24.8. The van der Waals surface area contributed by atoms with Crippen LogP contribution in [0.1, 0.15) is 60.9 Å². The van der Waals surface area contributed by atoms with Crippen LogP contribution in [0, 0.1) is 0 Å². The van der Waals surface area contributed by atoms with E-state index in [1.165, 1.54) is 6.20 Å². The number of aromatic nitrogens is 2. The minimum atomic E-state index is -2.55. The summed E-state index contributed by atoms with van der Waals surface area (Å²) in [6.07, 6.45) is 7.08. The molecule has 0 bridgehead atoms. The second-order valence-electron chi connectivity index (χ2n) is 15.2. The summed E-state index contributed by atoms with van der Waals surface area (Å²) in [6.45, 7) is 7.08. The smallest absolute Gasteiger partial charge is 0.255 e. The van der Waals surface area contributed by atoms with Gasteiger partial charge in [-0.2, -0.15) is 4.98 Å². The number of para-hydroxylation sites is 1. The molecule has 14 nitrogen and oxygen atoms in total. The highest BCUT2D eigenvalue weighted by molar-refractivity contribution is 7.70. The molecule has 0 aliphatic carbocycles. The largest absolute Gasteiger partial charge is 0.494 e. The molecule has 7 rings (SSSR count). The minimum absolute atomic E-state index is 0.197. The molecule has 3 aliphatic heterocycles. The van der Waals surface area contributed by atoms with Gasteiger partial charge in [0.2, 0.25) is 17.8 Å². The van der Waals surface area contributed by atoms with Crippen LogP contribution >= 0.6 is 18.7 Å². The molecule has 3 aromatic carbocycles. The molecule has 306 valence electrons. The first-order valence-corrected chi connectivity index (χ1v) is 22.7. The average molecular weight is 829 g/mol. The number of carbonyl (C=O) groups excluding carboxylic acids is 3. The number of imide groups is 1. The number of halogens is 1. The Morgan fingerprint density at radius 3 is 2.52 bits per heavy atom. The third kappa shape index (κ3) is 9.57. The highest BCUT2D eigenvalue weighted by Gasteiger charge is 2.40. The van der Waals surface area contributed by atoms with E-state index in [2.05, 4.69) is 42.2 Å². The summed E-state index contributed by atoms with van der Waals surface area (Å²) in [5.41, 5.74) is 3.84. The van der Waals surface area contributed by atoms with Gasteiger partial charge in [-0.15, -0.1) is 0 Å². The quantitative estimate of drug-likeness (QED) is 0.0556. The fourth-order valence-electron chi connectivity index (χ4n) is 7.72. The zero-order valence-corrected chi connectivity index (χ0v) is 34.7. The van der Waals surface area contributed by atoms with E-state index < -0.39 is 19.1 Å². The number of nitrogens with zero attached hydrogens (tertiary/aromatic N) is 4. The van der Waals surface area contributed by atoms with Gasteiger partial charge in [-0.3, -0.25) is 19.7 Å². The van der Waals surface area contributed by atoms with Crippen molar-refractivity contribution < 1.29 is 28.4 Å². The number of hydrogen-bond acceptors (Lipinski definition) is 12. The number of unbranched alkanes of at least 4 members (excludes halogenated alkanes) is 2. The lowest BCUT2D eigenvalue weighted by Crippen LogP contribution is -2.52. The molecule has 2 saturated heterocycles. The van der Waals surface area contributed by atoms with E-state index in [-0.39, 0.29) is 18.2 Å². The molecule has 58 heavy (non-hydrogen) atoms. The zero-order valence-electron chi connectivity index (χ0n) is 33.1. The van der Waals surface area contributed by atoms with Gasteiger partial charge in [0.15, 0.2) is 5.82 Å². The van der Waals surface area contributed by atoms with Crippen LogP contribution < -0.4 is 40.9 Å². The van der Waals surface area contributed by atoms with E-state index in [9.17, 15) is 18.9 Å². The number of fused-ring (bicyclic) bond motifs is 1. The zero-order chi connectivity index (χ0) is 40.8. The maximum absolute atomic E-state index is 13.1. The molecule has 0 saturated carbocycles. The number of anilines is 5. The number of methoxy groups -OCH3 is 1. The van der Waals surface area contributed by atoms with Gasteiger partial charge in [0, 0.05) is 53.7 Å². The van der Waals surface area contributed by atoms with Crippen LogP contribution in [0.2, 0.25) is 5.02 Å². The van der Waals surface area contributed by atoms with Crippen LogP contribution in [0.4, 0.5) is 28.8 Å².